The van der Waals surface area contributed by atoms with Crippen LogP contribution in [0.5, 0.6) is 0 Å². The van der Waals surface area contributed by atoms with Gasteiger partial charge in [-0.05, 0) is 11.6 Å². The first kappa shape index (κ1) is 26.4. The van der Waals surface area contributed by atoms with Gasteiger partial charge in [0.05, 0.1) is 19.1 Å². The van der Waals surface area contributed by atoms with Crippen LogP contribution in [0.2, 0.25) is 5.28 Å². The molecule has 0 saturated carbocycles. The number of aliphatic hydroxyl groups is 2. The third-order valence-corrected chi connectivity index (χ3v) is 10.0. The molecule has 6 N–H and O–H groups in total. The Bertz CT molecular complexity index is 1220. The van der Waals surface area contributed by atoms with Crippen LogP contribution in [0.15, 0.2) is 6.33 Å². The molecule has 36 heavy (non-hydrogen) atoms. The summed E-state index contributed by atoms with van der Waals surface area (Å²) < 4.78 is 34.7. The van der Waals surface area contributed by atoms with E-state index in [1.54, 1.807) is 0 Å². The van der Waals surface area contributed by atoms with E-state index in [0.29, 0.717) is 11.3 Å². The number of aliphatic hydroxyl groups excluding tert-OH is 2. The quantitative estimate of drug-likeness (QED) is 0.163. The van der Waals surface area contributed by atoms with Crippen molar-refractivity contribution in [3.63, 3.8) is 0 Å². The molecule has 2 aromatic rings. The largest absolute Gasteiger partial charge is 0.387 e. The molecule has 2 aromatic heterocycles. The highest BCUT2D eigenvalue weighted by Crippen LogP contribution is 2.55. The van der Waals surface area contributed by atoms with Gasteiger partial charge in [0, 0.05) is 32.7 Å². The fraction of sp³-hybridized carbons (Fsp3) is 0.706. The topological polar surface area (TPSA) is 216 Å². The van der Waals surface area contributed by atoms with Crippen molar-refractivity contribution in [2.45, 2.75) is 30.7 Å². The van der Waals surface area contributed by atoms with Crippen molar-refractivity contribution in [2.24, 2.45) is 0 Å². The highest BCUT2D eigenvalue weighted by atomic mass is 35.5. The Balaban J connectivity index is 1.34. The number of imidazole rings is 1. The molecule has 200 valence electrons. The maximum Gasteiger partial charge on any atom is 0.340 e. The number of hydrogen-bond donors (Lipinski definition) is 6. The van der Waals surface area contributed by atoms with Crippen LogP contribution in [0.3, 0.4) is 0 Å². The van der Waals surface area contributed by atoms with Gasteiger partial charge in [0.1, 0.15) is 18.3 Å². The first-order valence-corrected chi connectivity index (χ1v) is 15.0. The molecule has 4 saturated heterocycles. The first-order valence-electron chi connectivity index (χ1n) is 11.1. The van der Waals surface area contributed by atoms with Gasteiger partial charge >= 0.3 is 15.2 Å². The first-order chi connectivity index (χ1) is 16.9. The van der Waals surface area contributed by atoms with Gasteiger partial charge in [-0.25, -0.2) is 4.98 Å². The van der Waals surface area contributed by atoms with Gasteiger partial charge in [-0.2, -0.15) is 9.97 Å². The van der Waals surface area contributed by atoms with Crippen LogP contribution in [-0.4, -0.2) is 124 Å². The van der Waals surface area contributed by atoms with Gasteiger partial charge in [-0.1, -0.05) is 0 Å². The average molecular weight is 570 g/mol. The van der Waals surface area contributed by atoms with E-state index in [-0.39, 0.29) is 17.1 Å². The number of hydrogen-bond acceptors (Lipinski definition) is 12. The molecular formula is C17H26ClN7O9P2. The summed E-state index contributed by atoms with van der Waals surface area (Å²) in [5.74, 6) is -0.989. The van der Waals surface area contributed by atoms with E-state index in [9.17, 15) is 24.2 Å². The van der Waals surface area contributed by atoms with Gasteiger partial charge in [-0.3, -0.25) is 23.5 Å². The SMILES string of the molecule is O=P(O)(O)CP(=O)(O)OC[C@H]1O[C@@H](n2cnc3c(NC4CN5CCN4CC5)nc(Cl)nc32)[C@@H](O)[C@H]1O. The number of aromatic nitrogens is 4. The summed E-state index contributed by atoms with van der Waals surface area (Å²) in [4.78, 5) is 45.0. The lowest BCUT2D eigenvalue weighted by molar-refractivity contribution is -0.0483. The number of anilines is 1. The summed E-state index contributed by atoms with van der Waals surface area (Å²) in [5, 5.41) is 24.3. The van der Waals surface area contributed by atoms with Crippen molar-refractivity contribution in [1.29, 1.82) is 0 Å². The van der Waals surface area contributed by atoms with Gasteiger partial charge in [0.15, 0.2) is 29.1 Å². The number of rotatable bonds is 8. The molecule has 0 amide bonds. The normalized spacial score (nSPS) is 34.2. The Morgan fingerprint density at radius 2 is 1.86 bits per heavy atom. The molecular weight excluding hydrogens is 544 g/mol. The van der Waals surface area contributed by atoms with E-state index in [0.717, 1.165) is 32.7 Å². The molecule has 6 atom stereocenters. The molecule has 0 radical (unpaired) electrons. The zero-order valence-electron chi connectivity index (χ0n) is 18.7. The summed E-state index contributed by atoms with van der Waals surface area (Å²) in [6, 6.07) is 0. The Hall–Kier alpha value is -1.26. The molecule has 0 spiro atoms. The molecule has 6 rings (SSSR count). The van der Waals surface area contributed by atoms with Crippen molar-refractivity contribution in [3.8, 4) is 0 Å². The molecule has 0 aromatic carbocycles. The summed E-state index contributed by atoms with van der Waals surface area (Å²) in [7, 11) is -9.50. The molecule has 6 heterocycles. The molecule has 16 nitrogen and oxygen atoms in total. The average Bonchev–Trinajstić information content (AvgIpc) is 3.33. The smallest absolute Gasteiger partial charge is 0.340 e. The van der Waals surface area contributed by atoms with Crippen molar-refractivity contribution in [1.82, 2.24) is 29.3 Å². The third kappa shape index (κ3) is 5.46. The minimum Gasteiger partial charge on any atom is -0.387 e. The van der Waals surface area contributed by atoms with E-state index in [2.05, 4.69) is 30.1 Å². The van der Waals surface area contributed by atoms with Gasteiger partial charge < -0.3 is 39.5 Å². The highest BCUT2D eigenvalue weighted by Gasteiger charge is 2.46. The number of ether oxygens (including phenoxy) is 1. The number of fused-ring (bicyclic) bond motifs is 4. The minimum absolute atomic E-state index is 0.00538. The molecule has 4 aliphatic rings. The second-order valence-corrected chi connectivity index (χ2v) is 13.3. The minimum atomic E-state index is -4.82. The van der Waals surface area contributed by atoms with Crippen LogP contribution < -0.4 is 5.32 Å². The molecule has 4 fully saturated rings. The van der Waals surface area contributed by atoms with Gasteiger partial charge in [-0.15, -0.1) is 0 Å². The monoisotopic (exact) mass is 569 g/mol. The number of piperazine rings is 3. The van der Waals surface area contributed by atoms with Gasteiger partial charge in [0.2, 0.25) is 5.28 Å². The van der Waals surface area contributed by atoms with E-state index in [1.165, 1.54) is 10.9 Å². The Morgan fingerprint density at radius 1 is 1.14 bits per heavy atom. The fourth-order valence-corrected chi connectivity index (χ4v) is 7.38. The van der Waals surface area contributed by atoms with Crippen LogP contribution in [-0.2, 0) is 18.4 Å². The predicted octanol–water partition coefficient (Wildman–Crippen LogP) is -1.19. The third-order valence-electron chi connectivity index (χ3n) is 6.39. The second-order valence-electron chi connectivity index (χ2n) is 8.95. The maximum absolute atomic E-state index is 11.9. The van der Waals surface area contributed by atoms with Crippen molar-refractivity contribution >= 4 is 43.8 Å². The number of nitrogens with zero attached hydrogens (tertiary/aromatic N) is 6. The lowest BCUT2D eigenvalue weighted by Gasteiger charge is -2.47. The zero-order valence-corrected chi connectivity index (χ0v) is 21.3. The predicted molar refractivity (Wildman–Crippen MR) is 124 cm³/mol. The number of halogens is 1. The molecule has 2 bridgehead atoms. The van der Waals surface area contributed by atoms with Crippen LogP contribution in [0.25, 0.3) is 11.2 Å². The van der Waals surface area contributed by atoms with Crippen molar-refractivity contribution in [2.75, 3.05) is 50.6 Å². The van der Waals surface area contributed by atoms with Crippen molar-refractivity contribution in [3.05, 3.63) is 11.6 Å². The van der Waals surface area contributed by atoms with Gasteiger partial charge in [0.25, 0.3) is 0 Å². The van der Waals surface area contributed by atoms with Crippen LogP contribution in [0.4, 0.5) is 5.82 Å². The van der Waals surface area contributed by atoms with Crippen LogP contribution in [0.1, 0.15) is 6.23 Å². The highest BCUT2D eigenvalue weighted by molar-refractivity contribution is 7.70. The van der Waals surface area contributed by atoms with Crippen LogP contribution >= 0.6 is 26.8 Å². The Kier molecular flexibility index (Phi) is 7.18. The second kappa shape index (κ2) is 9.80. The van der Waals surface area contributed by atoms with E-state index >= 15 is 0 Å². The van der Waals surface area contributed by atoms with E-state index < -0.39 is 52.2 Å². The Labute approximate surface area is 209 Å². The van der Waals surface area contributed by atoms with Crippen molar-refractivity contribution < 1.29 is 43.3 Å². The lowest BCUT2D eigenvalue weighted by atomic mass is 10.1. The fourth-order valence-electron chi connectivity index (χ4n) is 4.65. The molecule has 2 unspecified atom stereocenters. The zero-order chi connectivity index (χ0) is 25.8. The molecule has 0 aliphatic carbocycles. The molecule has 4 aliphatic heterocycles. The van der Waals surface area contributed by atoms with E-state index in [1.807, 2.05) is 0 Å². The van der Waals surface area contributed by atoms with E-state index in [4.69, 9.17) is 30.6 Å². The lowest BCUT2D eigenvalue weighted by Crippen LogP contribution is -2.63. The summed E-state index contributed by atoms with van der Waals surface area (Å²) >= 11 is 6.18. The van der Waals surface area contributed by atoms with Crippen LogP contribution in [0, 0.1) is 0 Å². The maximum atomic E-state index is 11.9. The standard InChI is InChI=1S/C17H26ClN7O9P2/c18-17-21-14(20-10-5-23-1-3-24(10)4-2-23)11-15(22-17)25(7-19-11)16-13(27)12(26)9(34-16)6-33-36(31,32)8-35(28,29)30/h7,9-10,12-13,16,26-27H,1-6,8H2,(H,31,32)(H,20,21,22)(H2,28,29,30)/t9-,10?,12+,13+,16-/m1/s1. The summed E-state index contributed by atoms with van der Waals surface area (Å²) in [5.41, 5.74) is 0.587. The molecule has 19 heteroatoms. The number of nitrogens with one attached hydrogen (secondary N) is 1. The Morgan fingerprint density at radius 3 is 2.50 bits per heavy atom. The summed E-state index contributed by atoms with van der Waals surface area (Å²) in [6.07, 6.45) is -4.20. The summed E-state index contributed by atoms with van der Waals surface area (Å²) in [6.45, 7) is 3.95.